The minimum absolute atomic E-state index is 0.0191. The van der Waals surface area contributed by atoms with E-state index in [-0.39, 0.29) is 23.6 Å². The number of nitrogens with one attached hydrogen (secondary N) is 2. The number of para-hydroxylation sites is 2. The fourth-order valence-electron chi connectivity index (χ4n) is 2.31. The summed E-state index contributed by atoms with van der Waals surface area (Å²) in [7, 11) is 0. The molecule has 6 heteroatoms. The van der Waals surface area contributed by atoms with Crippen molar-refractivity contribution in [3.05, 3.63) is 72.1 Å². The van der Waals surface area contributed by atoms with Crippen molar-refractivity contribution in [3.8, 4) is 0 Å². The van der Waals surface area contributed by atoms with Crippen molar-refractivity contribution in [2.75, 3.05) is 10.6 Å². The lowest BCUT2D eigenvalue weighted by Crippen LogP contribution is -2.28. The number of rotatable bonds is 8. The van der Waals surface area contributed by atoms with Gasteiger partial charge in [0.15, 0.2) is 11.4 Å². The van der Waals surface area contributed by atoms with E-state index in [1.807, 2.05) is 36.4 Å². The Morgan fingerprint density at radius 3 is 1.25 bits per heavy atom. The molecule has 6 nitrogen and oxygen atoms in total. The highest BCUT2D eigenvalue weighted by Gasteiger charge is 2.26. The van der Waals surface area contributed by atoms with Crippen LogP contribution in [-0.2, 0) is 19.1 Å². The van der Waals surface area contributed by atoms with E-state index in [1.165, 1.54) is 0 Å². The van der Waals surface area contributed by atoms with Gasteiger partial charge in [0.1, 0.15) is 0 Å². The molecule has 0 aliphatic rings. The summed E-state index contributed by atoms with van der Waals surface area (Å²) < 4.78 is 10.7. The molecule has 28 heavy (non-hydrogen) atoms. The van der Waals surface area contributed by atoms with Crippen molar-refractivity contribution >= 4 is 23.3 Å². The summed E-state index contributed by atoms with van der Waals surface area (Å²) in [5.74, 6) is -1.31. The molecule has 0 saturated heterocycles. The molecule has 2 rings (SSSR count). The predicted molar refractivity (Wildman–Crippen MR) is 110 cm³/mol. The first-order valence-electron chi connectivity index (χ1n) is 9.17. The van der Waals surface area contributed by atoms with E-state index in [0.717, 1.165) is 0 Å². The van der Waals surface area contributed by atoms with Gasteiger partial charge in [-0.15, -0.1) is 0 Å². The first-order valence-corrected chi connectivity index (χ1v) is 9.17. The maximum atomic E-state index is 12.8. The minimum atomic E-state index is -0.655. The molecule has 0 unspecified atom stereocenters. The van der Waals surface area contributed by atoms with Gasteiger partial charge in [0, 0.05) is 11.4 Å². The number of benzene rings is 2. The normalized spacial score (nSPS) is 11.6. The summed E-state index contributed by atoms with van der Waals surface area (Å²) in [4.78, 5) is 25.6. The standard InChI is InChI=1S/C22H26N2O4/c1-15(2)27-21(25)19(23-17-11-7-5-8-12-17)20(22(26)28-16(3)4)24-18-13-9-6-10-14-18/h5-16,23-24H,1-4H3/b20-19+. The Balaban J connectivity index is 2.52. The quantitative estimate of drug-likeness (QED) is 0.523. The molecule has 0 spiro atoms. The van der Waals surface area contributed by atoms with Crippen LogP contribution in [0.25, 0.3) is 0 Å². The Labute approximate surface area is 165 Å². The molecular weight excluding hydrogens is 356 g/mol. The number of hydrogen-bond donors (Lipinski definition) is 2. The predicted octanol–water partition coefficient (Wildman–Crippen LogP) is 4.33. The second-order valence-corrected chi connectivity index (χ2v) is 6.64. The number of esters is 2. The van der Waals surface area contributed by atoms with E-state index in [1.54, 1.807) is 52.0 Å². The summed E-state index contributed by atoms with van der Waals surface area (Å²) in [6.45, 7) is 6.98. The second-order valence-electron chi connectivity index (χ2n) is 6.64. The maximum absolute atomic E-state index is 12.8. The Kier molecular flexibility index (Phi) is 7.63. The Hall–Kier alpha value is -3.28. The van der Waals surface area contributed by atoms with Crippen molar-refractivity contribution in [2.45, 2.75) is 39.9 Å². The summed E-state index contributed by atoms with van der Waals surface area (Å²) in [5.41, 5.74) is 1.25. The van der Waals surface area contributed by atoms with Crippen LogP contribution in [0.5, 0.6) is 0 Å². The van der Waals surface area contributed by atoms with Gasteiger partial charge in [-0.1, -0.05) is 36.4 Å². The third kappa shape index (κ3) is 6.46. The van der Waals surface area contributed by atoms with Crippen LogP contribution in [0.2, 0.25) is 0 Å². The summed E-state index contributed by atoms with van der Waals surface area (Å²) in [6.07, 6.45) is -0.696. The molecule has 0 atom stereocenters. The van der Waals surface area contributed by atoms with Crippen LogP contribution < -0.4 is 10.6 Å². The van der Waals surface area contributed by atoms with Gasteiger partial charge >= 0.3 is 11.9 Å². The lowest BCUT2D eigenvalue weighted by Gasteiger charge is -2.19. The van der Waals surface area contributed by atoms with Crippen molar-refractivity contribution in [2.24, 2.45) is 0 Å². The van der Waals surface area contributed by atoms with E-state index < -0.39 is 11.9 Å². The number of hydrogen-bond acceptors (Lipinski definition) is 6. The molecule has 0 aromatic heterocycles. The van der Waals surface area contributed by atoms with Crippen LogP contribution in [0.1, 0.15) is 27.7 Å². The zero-order valence-corrected chi connectivity index (χ0v) is 16.6. The molecule has 2 aromatic carbocycles. The zero-order chi connectivity index (χ0) is 20.5. The van der Waals surface area contributed by atoms with Gasteiger partial charge < -0.3 is 20.1 Å². The second kappa shape index (κ2) is 10.2. The number of carbonyl (C=O) groups is 2. The molecule has 0 saturated carbocycles. The van der Waals surface area contributed by atoms with Crippen LogP contribution in [0.15, 0.2) is 72.1 Å². The minimum Gasteiger partial charge on any atom is -0.458 e. The van der Waals surface area contributed by atoms with E-state index in [9.17, 15) is 9.59 Å². The average molecular weight is 382 g/mol. The first-order chi connectivity index (χ1) is 13.4. The molecule has 0 amide bonds. The molecule has 0 aliphatic carbocycles. The summed E-state index contributed by atoms with van der Waals surface area (Å²) >= 11 is 0. The van der Waals surface area contributed by atoms with Crippen LogP contribution in [0.4, 0.5) is 11.4 Å². The highest BCUT2D eigenvalue weighted by molar-refractivity contribution is 6.04. The molecule has 0 heterocycles. The van der Waals surface area contributed by atoms with Gasteiger partial charge in [-0.25, -0.2) is 9.59 Å². The molecule has 0 fully saturated rings. The van der Waals surface area contributed by atoms with Crippen LogP contribution in [0, 0.1) is 0 Å². The smallest absolute Gasteiger partial charge is 0.357 e. The van der Waals surface area contributed by atoms with Gasteiger partial charge in [0.05, 0.1) is 12.2 Å². The maximum Gasteiger partial charge on any atom is 0.357 e. The fourth-order valence-corrected chi connectivity index (χ4v) is 2.31. The summed E-state index contributed by atoms with van der Waals surface area (Å²) in [5, 5.41) is 6.00. The van der Waals surface area contributed by atoms with Crippen molar-refractivity contribution in [1.82, 2.24) is 0 Å². The number of anilines is 2. The molecule has 0 bridgehead atoms. The molecule has 2 aromatic rings. The van der Waals surface area contributed by atoms with Crippen LogP contribution in [0.3, 0.4) is 0 Å². The fraction of sp³-hybridized carbons (Fsp3) is 0.273. The van der Waals surface area contributed by atoms with E-state index in [2.05, 4.69) is 10.6 Å². The topological polar surface area (TPSA) is 76.7 Å². The van der Waals surface area contributed by atoms with E-state index in [4.69, 9.17) is 9.47 Å². The highest BCUT2D eigenvalue weighted by atomic mass is 16.5. The van der Waals surface area contributed by atoms with Gasteiger partial charge in [0.25, 0.3) is 0 Å². The van der Waals surface area contributed by atoms with Crippen LogP contribution in [-0.4, -0.2) is 24.1 Å². The Morgan fingerprint density at radius 1 is 0.643 bits per heavy atom. The number of ether oxygens (including phenoxy) is 2. The Morgan fingerprint density at radius 2 is 0.964 bits per heavy atom. The SMILES string of the molecule is CC(C)OC(=O)/C(Nc1ccccc1)=C(\Nc1ccccc1)C(=O)OC(C)C. The van der Waals surface area contributed by atoms with Crippen molar-refractivity contribution in [3.63, 3.8) is 0 Å². The van der Waals surface area contributed by atoms with Gasteiger partial charge in [-0.3, -0.25) is 0 Å². The van der Waals surface area contributed by atoms with Gasteiger partial charge in [0.2, 0.25) is 0 Å². The van der Waals surface area contributed by atoms with Gasteiger partial charge in [-0.05, 0) is 52.0 Å². The average Bonchev–Trinajstić information content (AvgIpc) is 2.65. The van der Waals surface area contributed by atoms with E-state index in [0.29, 0.717) is 11.4 Å². The molecule has 148 valence electrons. The summed E-state index contributed by atoms with van der Waals surface area (Å²) in [6, 6.07) is 18.2. The van der Waals surface area contributed by atoms with Gasteiger partial charge in [-0.2, -0.15) is 0 Å². The molecule has 0 radical (unpaired) electrons. The lowest BCUT2D eigenvalue weighted by molar-refractivity contribution is -0.145. The number of carbonyl (C=O) groups excluding carboxylic acids is 2. The third-order valence-corrected chi connectivity index (χ3v) is 3.43. The molecule has 2 N–H and O–H groups in total. The van der Waals surface area contributed by atoms with Crippen LogP contribution >= 0.6 is 0 Å². The monoisotopic (exact) mass is 382 g/mol. The van der Waals surface area contributed by atoms with E-state index >= 15 is 0 Å². The zero-order valence-electron chi connectivity index (χ0n) is 16.6. The lowest BCUT2D eigenvalue weighted by atomic mass is 10.2. The molecule has 0 aliphatic heterocycles. The van der Waals surface area contributed by atoms with Crippen molar-refractivity contribution in [1.29, 1.82) is 0 Å². The third-order valence-electron chi connectivity index (χ3n) is 3.43. The first kappa shape index (κ1) is 21.0. The highest BCUT2D eigenvalue weighted by Crippen LogP contribution is 2.19. The van der Waals surface area contributed by atoms with Crippen molar-refractivity contribution < 1.29 is 19.1 Å². The molecular formula is C22H26N2O4. The Bertz CT molecular complexity index is 745. The largest absolute Gasteiger partial charge is 0.458 e.